The molecule has 0 aliphatic rings. The quantitative estimate of drug-likeness (QED) is 0.659. The first-order valence-electron chi connectivity index (χ1n) is 7.62. The van der Waals surface area contributed by atoms with Gasteiger partial charge >= 0.3 is 0 Å². The summed E-state index contributed by atoms with van der Waals surface area (Å²) < 4.78 is 1.09. The summed E-state index contributed by atoms with van der Waals surface area (Å²) in [6.45, 7) is 2.19. The number of carbonyl (C=O) groups excluding carboxylic acids is 1. The molecule has 118 valence electrons. The zero-order valence-corrected chi connectivity index (χ0v) is 14.4. The van der Waals surface area contributed by atoms with Gasteiger partial charge < -0.3 is 0 Å². The Hall–Kier alpha value is -1.91. The number of nitrogens with one attached hydrogen (secondary N) is 1. The van der Waals surface area contributed by atoms with Gasteiger partial charge in [-0.15, -0.1) is 0 Å². The maximum atomic E-state index is 12.3. The number of benzene rings is 2. The van der Waals surface area contributed by atoms with E-state index in [4.69, 9.17) is 11.6 Å². The minimum absolute atomic E-state index is 0.235. The van der Waals surface area contributed by atoms with E-state index < -0.39 is 0 Å². The number of nitrogens with zero attached hydrogens (tertiary/aromatic N) is 1. The smallest absolute Gasteiger partial charge is 0.258 e. The van der Waals surface area contributed by atoms with Crippen LogP contribution in [0.5, 0.6) is 0 Å². The topological polar surface area (TPSA) is 42.0 Å². The molecule has 1 aromatic heterocycles. The van der Waals surface area contributed by atoms with Gasteiger partial charge in [0.15, 0.2) is 5.13 Å². The van der Waals surface area contributed by atoms with Crippen LogP contribution in [0.15, 0.2) is 42.5 Å². The molecule has 0 aliphatic heterocycles. The summed E-state index contributed by atoms with van der Waals surface area (Å²) in [5, 5.41) is 3.87. The molecule has 0 saturated carbocycles. The molecule has 2 aromatic carbocycles. The number of anilines is 1. The van der Waals surface area contributed by atoms with Crippen LogP contribution in [-0.4, -0.2) is 10.9 Å². The average molecular weight is 345 g/mol. The van der Waals surface area contributed by atoms with Crippen molar-refractivity contribution in [2.45, 2.75) is 26.2 Å². The van der Waals surface area contributed by atoms with Gasteiger partial charge in [-0.25, -0.2) is 4.98 Å². The Morgan fingerprint density at radius 1 is 1.26 bits per heavy atom. The zero-order chi connectivity index (χ0) is 16.2. The van der Waals surface area contributed by atoms with E-state index in [1.807, 2.05) is 6.07 Å². The molecule has 23 heavy (non-hydrogen) atoms. The number of halogens is 1. The van der Waals surface area contributed by atoms with Crippen LogP contribution in [-0.2, 0) is 6.42 Å². The van der Waals surface area contributed by atoms with E-state index in [0.29, 0.717) is 15.7 Å². The average Bonchev–Trinajstić information content (AvgIpc) is 2.94. The molecule has 3 aromatic rings. The van der Waals surface area contributed by atoms with E-state index in [2.05, 4.69) is 29.4 Å². The lowest BCUT2D eigenvalue weighted by Gasteiger charge is -2.02. The molecule has 1 heterocycles. The second kappa shape index (κ2) is 7.11. The van der Waals surface area contributed by atoms with E-state index in [1.165, 1.54) is 29.7 Å². The van der Waals surface area contributed by atoms with Crippen molar-refractivity contribution in [1.29, 1.82) is 0 Å². The molecule has 0 atom stereocenters. The lowest BCUT2D eigenvalue weighted by atomic mass is 10.1. The molecular formula is C18H17ClN2OS. The largest absolute Gasteiger partial charge is 0.298 e. The van der Waals surface area contributed by atoms with E-state index in [1.54, 1.807) is 24.3 Å². The van der Waals surface area contributed by atoms with Crippen LogP contribution in [0.25, 0.3) is 10.2 Å². The van der Waals surface area contributed by atoms with Gasteiger partial charge in [-0.1, -0.05) is 54.5 Å². The number of fused-ring (bicyclic) bond motifs is 1. The molecule has 0 saturated heterocycles. The molecule has 0 fully saturated rings. The van der Waals surface area contributed by atoms with Crippen molar-refractivity contribution in [3.63, 3.8) is 0 Å². The first-order chi connectivity index (χ1) is 11.2. The summed E-state index contributed by atoms with van der Waals surface area (Å²) in [4.78, 5) is 16.8. The molecule has 5 heteroatoms. The van der Waals surface area contributed by atoms with Gasteiger partial charge in [-0.2, -0.15) is 0 Å². The minimum Gasteiger partial charge on any atom is -0.298 e. The van der Waals surface area contributed by atoms with Crippen molar-refractivity contribution < 1.29 is 4.79 Å². The van der Waals surface area contributed by atoms with Crippen LogP contribution in [0, 0.1) is 0 Å². The normalized spacial score (nSPS) is 10.9. The predicted octanol–water partition coefficient (Wildman–Crippen LogP) is 5.54. The molecule has 0 radical (unpaired) electrons. The highest BCUT2D eigenvalue weighted by atomic mass is 35.5. The lowest BCUT2D eigenvalue weighted by Crippen LogP contribution is -2.11. The number of hydrogen-bond acceptors (Lipinski definition) is 3. The van der Waals surface area contributed by atoms with Crippen LogP contribution in [0.2, 0.25) is 5.02 Å². The maximum absolute atomic E-state index is 12.3. The summed E-state index contributed by atoms with van der Waals surface area (Å²) in [6, 6.07) is 13.3. The number of unbranched alkanes of at least 4 members (excludes halogenated alkanes) is 1. The Morgan fingerprint density at radius 3 is 2.87 bits per heavy atom. The van der Waals surface area contributed by atoms with Crippen molar-refractivity contribution in [3.05, 3.63) is 58.6 Å². The van der Waals surface area contributed by atoms with Crippen LogP contribution < -0.4 is 5.32 Å². The molecular weight excluding hydrogens is 328 g/mol. The minimum atomic E-state index is -0.235. The zero-order valence-electron chi connectivity index (χ0n) is 12.8. The van der Waals surface area contributed by atoms with Gasteiger partial charge in [0.1, 0.15) is 0 Å². The van der Waals surface area contributed by atoms with Crippen LogP contribution in [0.1, 0.15) is 35.7 Å². The number of amides is 1. The SMILES string of the molecule is CCCCc1ccc2nc(NC(=O)c3ccccc3Cl)sc2c1. The first kappa shape index (κ1) is 16.0. The Morgan fingerprint density at radius 2 is 2.09 bits per heavy atom. The van der Waals surface area contributed by atoms with Gasteiger partial charge in [-0.3, -0.25) is 10.1 Å². The summed E-state index contributed by atoms with van der Waals surface area (Å²) in [6.07, 6.45) is 3.44. The molecule has 3 rings (SSSR count). The fraction of sp³-hybridized carbons (Fsp3) is 0.222. The molecule has 1 amide bonds. The summed E-state index contributed by atoms with van der Waals surface area (Å²) in [5.41, 5.74) is 2.67. The van der Waals surface area contributed by atoms with Crippen molar-refractivity contribution in [2.24, 2.45) is 0 Å². The Labute approximate surface area is 144 Å². The molecule has 1 N–H and O–H groups in total. The van der Waals surface area contributed by atoms with Gasteiger partial charge in [0.2, 0.25) is 0 Å². The van der Waals surface area contributed by atoms with Crippen molar-refractivity contribution in [1.82, 2.24) is 4.98 Å². The highest BCUT2D eigenvalue weighted by molar-refractivity contribution is 7.22. The Bertz CT molecular complexity index is 844. The number of aromatic nitrogens is 1. The van der Waals surface area contributed by atoms with Crippen molar-refractivity contribution in [3.8, 4) is 0 Å². The van der Waals surface area contributed by atoms with Crippen LogP contribution in [0.3, 0.4) is 0 Å². The highest BCUT2D eigenvalue weighted by Crippen LogP contribution is 2.28. The Balaban J connectivity index is 1.80. The predicted molar refractivity (Wildman–Crippen MR) is 97.6 cm³/mol. The maximum Gasteiger partial charge on any atom is 0.258 e. The van der Waals surface area contributed by atoms with Crippen LogP contribution >= 0.6 is 22.9 Å². The van der Waals surface area contributed by atoms with Gasteiger partial charge in [0, 0.05) is 0 Å². The summed E-state index contributed by atoms with van der Waals surface area (Å²) >= 11 is 7.54. The second-order valence-corrected chi connectivity index (χ2v) is 6.80. The summed E-state index contributed by atoms with van der Waals surface area (Å²) in [7, 11) is 0. The third-order valence-electron chi connectivity index (χ3n) is 3.61. The van der Waals surface area contributed by atoms with Gasteiger partial charge in [-0.05, 0) is 42.7 Å². The molecule has 0 unspecified atom stereocenters. The fourth-order valence-corrected chi connectivity index (χ4v) is 3.51. The molecule has 0 spiro atoms. The molecule has 3 nitrogen and oxygen atoms in total. The van der Waals surface area contributed by atoms with E-state index >= 15 is 0 Å². The van der Waals surface area contributed by atoms with Crippen LogP contribution in [0.4, 0.5) is 5.13 Å². The highest BCUT2D eigenvalue weighted by Gasteiger charge is 2.12. The number of carbonyl (C=O) groups is 1. The van der Waals surface area contributed by atoms with E-state index in [-0.39, 0.29) is 5.91 Å². The first-order valence-corrected chi connectivity index (χ1v) is 8.82. The standard InChI is InChI=1S/C18H17ClN2OS/c1-2-3-6-12-9-10-15-16(11-12)23-18(20-15)21-17(22)13-7-4-5-8-14(13)19/h4-5,7-11H,2-3,6H2,1H3,(H,20,21,22). The number of aryl methyl sites for hydroxylation is 1. The number of thiazole rings is 1. The number of rotatable bonds is 5. The molecule has 0 bridgehead atoms. The third kappa shape index (κ3) is 3.71. The van der Waals surface area contributed by atoms with Gasteiger partial charge in [0.25, 0.3) is 5.91 Å². The summed E-state index contributed by atoms with van der Waals surface area (Å²) in [5.74, 6) is -0.235. The molecule has 0 aliphatic carbocycles. The monoisotopic (exact) mass is 344 g/mol. The second-order valence-electron chi connectivity index (χ2n) is 5.36. The van der Waals surface area contributed by atoms with E-state index in [0.717, 1.165) is 16.6 Å². The number of hydrogen-bond donors (Lipinski definition) is 1. The van der Waals surface area contributed by atoms with E-state index in [9.17, 15) is 4.79 Å². The third-order valence-corrected chi connectivity index (χ3v) is 4.87. The van der Waals surface area contributed by atoms with Crippen molar-refractivity contribution in [2.75, 3.05) is 5.32 Å². The van der Waals surface area contributed by atoms with Gasteiger partial charge in [0.05, 0.1) is 20.8 Å². The Kier molecular flexibility index (Phi) is 4.94. The van der Waals surface area contributed by atoms with Crippen molar-refractivity contribution >= 4 is 44.2 Å². The lowest BCUT2D eigenvalue weighted by molar-refractivity contribution is 0.102. The fourth-order valence-electron chi connectivity index (χ4n) is 2.37.